The van der Waals surface area contributed by atoms with Crippen LogP contribution in [0.3, 0.4) is 0 Å². The molecule has 1 aliphatic heterocycles. The highest BCUT2D eigenvalue weighted by atomic mass is 15.2. The molecule has 5 rings (SSSR count). The molecule has 6 heteroatoms. The van der Waals surface area contributed by atoms with E-state index in [2.05, 4.69) is 37.5 Å². The fraction of sp³-hybridized carbons (Fsp3) is 0.389. The summed E-state index contributed by atoms with van der Waals surface area (Å²) in [5.41, 5.74) is 2.57. The Morgan fingerprint density at radius 2 is 2.08 bits per heavy atom. The number of H-pyrrole nitrogens is 1. The number of hydrogen-bond donors (Lipinski definition) is 2. The van der Waals surface area contributed by atoms with Crippen molar-refractivity contribution < 1.29 is 0 Å². The van der Waals surface area contributed by atoms with Crippen molar-refractivity contribution in [3.05, 3.63) is 36.5 Å². The van der Waals surface area contributed by atoms with E-state index in [-0.39, 0.29) is 0 Å². The number of fused-ring (bicyclic) bond motifs is 1. The number of nitrogens with zero attached hydrogens (tertiary/aromatic N) is 4. The molecular weight excluding hydrogens is 300 g/mol. The first-order valence-electron chi connectivity index (χ1n) is 8.63. The van der Waals surface area contributed by atoms with Crippen LogP contribution in [0.2, 0.25) is 0 Å². The molecule has 2 aliphatic rings. The van der Waals surface area contributed by atoms with E-state index in [0.717, 1.165) is 53.8 Å². The summed E-state index contributed by atoms with van der Waals surface area (Å²) in [4.78, 5) is 11.6. The Hall–Kier alpha value is -2.47. The van der Waals surface area contributed by atoms with E-state index in [1.54, 1.807) is 6.20 Å². The smallest absolute Gasteiger partial charge is 0.155 e. The molecule has 0 radical (unpaired) electrons. The molecule has 1 aliphatic carbocycles. The summed E-state index contributed by atoms with van der Waals surface area (Å²) in [6.45, 7) is 3.08. The lowest BCUT2D eigenvalue weighted by molar-refractivity contribution is 0.417. The lowest BCUT2D eigenvalue weighted by Crippen LogP contribution is -2.52. The summed E-state index contributed by atoms with van der Waals surface area (Å²) in [6.07, 6.45) is 4.50. The van der Waals surface area contributed by atoms with Crippen molar-refractivity contribution in [2.45, 2.75) is 18.9 Å². The Bertz CT molecular complexity index is 869. The van der Waals surface area contributed by atoms with Gasteiger partial charge in [0.2, 0.25) is 0 Å². The molecule has 6 nitrogen and oxygen atoms in total. The van der Waals surface area contributed by atoms with Crippen LogP contribution < -0.4 is 10.2 Å². The second kappa shape index (κ2) is 5.56. The third kappa shape index (κ3) is 2.43. The van der Waals surface area contributed by atoms with Crippen LogP contribution >= 0.6 is 0 Å². The van der Waals surface area contributed by atoms with Gasteiger partial charge in [-0.25, -0.2) is 9.97 Å². The number of pyridine rings is 2. The van der Waals surface area contributed by atoms with Crippen LogP contribution in [0.4, 0.5) is 5.82 Å². The van der Waals surface area contributed by atoms with Crippen LogP contribution in [0.15, 0.2) is 36.5 Å². The summed E-state index contributed by atoms with van der Waals surface area (Å²) in [7, 11) is 0. The lowest BCUT2D eigenvalue weighted by atomic mass is 10.1. The summed E-state index contributed by atoms with van der Waals surface area (Å²) in [6, 6.07) is 10.8. The summed E-state index contributed by atoms with van der Waals surface area (Å²) in [5, 5.41) is 12.1. The van der Waals surface area contributed by atoms with Gasteiger partial charge in [0.15, 0.2) is 5.65 Å². The number of aromatic amines is 1. The molecule has 1 saturated heterocycles. The maximum Gasteiger partial charge on any atom is 0.155 e. The van der Waals surface area contributed by atoms with E-state index < -0.39 is 0 Å². The van der Waals surface area contributed by atoms with Crippen molar-refractivity contribution in [1.29, 1.82) is 0 Å². The van der Waals surface area contributed by atoms with Crippen LogP contribution in [0.1, 0.15) is 12.8 Å². The SMILES string of the molecule is c1cc(-c2n[nH]c3ncccc23)nc(N2CCNC(C3CC3)C2)c1. The molecule has 2 N–H and O–H groups in total. The Morgan fingerprint density at radius 1 is 1.12 bits per heavy atom. The molecule has 122 valence electrons. The second-order valence-electron chi connectivity index (χ2n) is 6.70. The van der Waals surface area contributed by atoms with Gasteiger partial charge in [-0.1, -0.05) is 6.07 Å². The number of aromatic nitrogens is 4. The zero-order valence-corrected chi connectivity index (χ0v) is 13.4. The maximum atomic E-state index is 4.89. The molecule has 1 saturated carbocycles. The minimum atomic E-state index is 0.611. The molecule has 3 aromatic rings. The Labute approximate surface area is 140 Å². The van der Waals surface area contributed by atoms with E-state index in [4.69, 9.17) is 4.98 Å². The van der Waals surface area contributed by atoms with Gasteiger partial charge in [0.1, 0.15) is 11.5 Å². The molecule has 1 unspecified atom stereocenters. The zero-order valence-electron chi connectivity index (χ0n) is 13.4. The fourth-order valence-corrected chi connectivity index (χ4v) is 3.58. The van der Waals surface area contributed by atoms with Gasteiger partial charge in [0, 0.05) is 37.3 Å². The highest BCUT2D eigenvalue weighted by Gasteiger charge is 2.34. The first-order chi connectivity index (χ1) is 11.9. The van der Waals surface area contributed by atoms with Crippen molar-refractivity contribution in [1.82, 2.24) is 25.5 Å². The van der Waals surface area contributed by atoms with E-state index in [9.17, 15) is 0 Å². The third-order valence-electron chi connectivity index (χ3n) is 5.03. The molecule has 0 spiro atoms. The van der Waals surface area contributed by atoms with E-state index in [1.165, 1.54) is 12.8 Å². The highest BCUT2D eigenvalue weighted by molar-refractivity contribution is 5.89. The largest absolute Gasteiger partial charge is 0.354 e. The molecule has 0 bridgehead atoms. The quantitative estimate of drug-likeness (QED) is 0.774. The third-order valence-corrected chi connectivity index (χ3v) is 5.03. The standard InChI is InChI=1S/C18H20N6/c1-4-14(17-13-3-2-8-20-18(13)23-22-17)21-16(5-1)24-10-9-19-15(11-24)12-6-7-12/h1-5,8,12,15,19H,6-7,9-11H2,(H,20,22,23). The second-order valence-corrected chi connectivity index (χ2v) is 6.70. The number of rotatable bonds is 3. The first-order valence-corrected chi connectivity index (χ1v) is 8.63. The van der Waals surface area contributed by atoms with Crippen LogP contribution in [0, 0.1) is 5.92 Å². The van der Waals surface area contributed by atoms with E-state index >= 15 is 0 Å². The van der Waals surface area contributed by atoms with E-state index in [0.29, 0.717) is 6.04 Å². The van der Waals surface area contributed by atoms with E-state index in [1.807, 2.05) is 18.2 Å². The minimum absolute atomic E-state index is 0.611. The van der Waals surface area contributed by atoms with Crippen LogP contribution in [0.5, 0.6) is 0 Å². The van der Waals surface area contributed by atoms with Gasteiger partial charge in [-0.05, 0) is 43.0 Å². The zero-order chi connectivity index (χ0) is 15.9. The topological polar surface area (TPSA) is 69.7 Å². The molecular formula is C18H20N6. The van der Waals surface area contributed by atoms with Crippen molar-refractivity contribution in [3.8, 4) is 11.4 Å². The molecule has 1 atom stereocenters. The first kappa shape index (κ1) is 13.9. The van der Waals surface area contributed by atoms with Crippen molar-refractivity contribution in [3.63, 3.8) is 0 Å². The van der Waals surface area contributed by atoms with Gasteiger partial charge in [-0.2, -0.15) is 5.10 Å². The van der Waals surface area contributed by atoms with Crippen LogP contribution in [-0.4, -0.2) is 45.8 Å². The lowest BCUT2D eigenvalue weighted by Gasteiger charge is -2.34. The fourth-order valence-electron chi connectivity index (χ4n) is 3.58. The predicted molar refractivity (Wildman–Crippen MR) is 93.8 cm³/mol. The maximum absolute atomic E-state index is 4.89. The number of nitrogens with one attached hydrogen (secondary N) is 2. The number of piperazine rings is 1. The van der Waals surface area contributed by atoms with Crippen LogP contribution in [0.25, 0.3) is 22.4 Å². The van der Waals surface area contributed by atoms with Crippen molar-refractivity contribution in [2.75, 3.05) is 24.5 Å². The van der Waals surface area contributed by atoms with Gasteiger partial charge in [-0.15, -0.1) is 0 Å². The molecule has 3 aromatic heterocycles. The monoisotopic (exact) mass is 320 g/mol. The van der Waals surface area contributed by atoms with Gasteiger partial charge < -0.3 is 10.2 Å². The average Bonchev–Trinajstić information content (AvgIpc) is 3.41. The van der Waals surface area contributed by atoms with Crippen LogP contribution in [-0.2, 0) is 0 Å². The highest BCUT2D eigenvalue weighted by Crippen LogP contribution is 2.34. The van der Waals surface area contributed by atoms with Gasteiger partial charge in [-0.3, -0.25) is 5.10 Å². The van der Waals surface area contributed by atoms with Crippen molar-refractivity contribution >= 4 is 16.9 Å². The normalized spacial score (nSPS) is 21.3. The molecule has 24 heavy (non-hydrogen) atoms. The Kier molecular flexibility index (Phi) is 3.23. The summed E-state index contributed by atoms with van der Waals surface area (Å²) < 4.78 is 0. The Morgan fingerprint density at radius 3 is 3.00 bits per heavy atom. The van der Waals surface area contributed by atoms with Gasteiger partial charge in [0.05, 0.1) is 5.69 Å². The molecule has 0 amide bonds. The Balaban J connectivity index is 1.47. The number of anilines is 1. The molecule has 2 fully saturated rings. The number of hydrogen-bond acceptors (Lipinski definition) is 5. The predicted octanol–water partition coefficient (Wildman–Crippen LogP) is 2.21. The summed E-state index contributed by atoms with van der Waals surface area (Å²) >= 11 is 0. The molecule has 4 heterocycles. The van der Waals surface area contributed by atoms with Crippen molar-refractivity contribution in [2.24, 2.45) is 5.92 Å². The summed E-state index contributed by atoms with van der Waals surface area (Å²) in [5.74, 6) is 1.90. The molecule has 0 aromatic carbocycles. The van der Waals surface area contributed by atoms with Gasteiger partial charge in [0.25, 0.3) is 0 Å². The average molecular weight is 320 g/mol. The van der Waals surface area contributed by atoms with Gasteiger partial charge >= 0.3 is 0 Å². The minimum Gasteiger partial charge on any atom is -0.354 e.